The van der Waals surface area contributed by atoms with E-state index in [9.17, 15) is 18.0 Å². The average molecular weight is 237 g/mol. The summed E-state index contributed by atoms with van der Waals surface area (Å²) in [5, 5.41) is 14.3. The van der Waals surface area contributed by atoms with Gasteiger partial charge in [-0.2, -0.15) is 18.3 Å². The predicted octanol–water partition coefficient (Wildman–Crippen LogP) is 0.407. The van der Waals surface area contributed by atoms with Crippen LogP contribution in [0.15, 0.2) is 12.3 Å². The van der Waals surface area contributed by atoms with Crippen molar-refractivity contribution in [3.05, 3.63) is 18.0 Å². The van der Waals surface area contributed by atoms with Gasteiger partial charge in [0.1, 0.15) is 12.2 Å². The molecule has 0 aliphatic carbocycles. The average Bonchev–Trinajstić information content (AvgIpc) is 2.66. The molecule has 1 rings (SSSR count). The third-order valence-corrected chi connectivity index (χ3v) is 1.76. The fourth-order valence-electron chi connectivity index (χ4n) is 1.13. The second-order valence-corrected chi connectivity index (χ2v) is 3.04. The van der Waals surface area contributed by atoms with Crippen LogP contribution in [0.3, 0.4) is 0 Å². The maximum Gasteiger partial charge on any atom is 0.406 e. The van der Waals surface area contributed by atoms with E-state index in [1.165, 1.54) is 12.3 Å². The summed E-state index contributed by atoms with van der Waals surface area (Å²) in [6.07, 6.45) is -3.23. The minimum Gasteiger partial charge on any atom is -0.395 e. The number of carbonyl (C=O) groups is 1. The number of rotatable bonds is 4. The molecule has 1 aromatic heterocycles. The van der Waals surface area contributed by atoms with Gasteiger partial charge >= 0.3 is 6.18 Å². The topological polar surface area (TPSA) is 69.2 Å². The van der Waals surface area contributed by atoms with Crippen LogP contribution >= 0.6 is 0 Å². The maximum absolute atomic E-state index is 12.1. The Morgan fingerprint density at radius 2 is 2.25 bits per heavy atom. The molecule has 5 nitrogen and oxygen atoms in total. The van der Waals surface area contributed by atoms with E-state index in [-0.39, 0.29) is 12.2 Å². The van der Waals surface area contributed by atoms with Crippen molar-refractivity contribution in [1.29, 1.82) is 0 Å². The minimum atomic E-state index is -4.50. The molecule has 8 heteroatoms. The number of aliphatic hydroxyl groups excluding tert-OH is 1. The van der Waals surface area contributed by atoms with Gasteiger partial charge in [0.25, 0.3) is 5.91 Å². The highest BCUT2D eigenvalue weighted by molar-refractivity contribution is 5.92. The lowest BCUT2D eigenvalue weighted by Crippen LogP contribution is -2.40. The Morgan fingerprint density at radius 3 is 2.69 bits per heavy atom. The van der Waals surface area contributed by atoms with Crippen LogP contribution in [0.5, 0.6) is 0 Å². The zero-order chi connectivity index (χ0) is 12.2. The van der Waals surface area contributed by atoms with Crippen LogP contribution in [-0.4, -0.2) is 52.0 Å². The molecular formula is C8H10F3N3O2. The van der Waals surface area contributed by atoms with E-state index in [0.29, 0.717) is 4.90 Å². The molecule has 16 heavy (non-hydrogen) atoms. The molecule has 0 aromatic carbocycles. The number of hydrogen-bond acceptors (Lipinski definition) is 3. The van der Waals surface area contributed by atoms with Gasteiger partial charge in [-0.05, 0) is 6.07 Å². The molecule has 90 valence electrons. The molecule has 2 N–H and O–H groups in total. The van der Waals surface area contributed by atoms with E-state index in [1.54, 1.807) is 0 Å². The summed E-state index contributed by atoms with van der Waals surface area (Å²) in [6, 6.07) is 1.27. The van der Waals surface area contributed by atoms with Gasteiger partial charge in [-0.1, -0.05) is 0 Å². The largest absolute Gasteiger partial charge is 0.406 e. The summed E-state index contributed by atoms with van der Waals surface area (Å²) in [7, 11) is 0. The van der Waals surface area contributed by atoms with E-state index in [2.05, 4.69) is 10.2 Å². The first-order chi connectivity index (χ1) is 7.44. The zero-order valence-corrected chi connectivity index (χ0v) is 8.16. The number of halogens is 3. The van der Waals surface area contributed by atoms with Gasteiger partial charge in [-0.15, -0.1) is 0 Å². The number of nitrogens with one attached hydrogen (secondary N) is 1. The molecule has 0 atom stereocenters. The monoisotopic (exact) mass is 237 g/mol. The first-order valence-corrected chi connectivity index (χ1v) is 4.40. The Balaban J connectivity index is 2.74. The molecule has 1 amide bonds. The van der Waals surface area contributed by atoms with Crippen molar-refractivity contribution >= 4 is 5.91 Å². The first kappa shape index (κ1) is 12.5. The van der Waals surface area contributed by atoms with Gasteiger partial charge < -0.3 is 10.0 Å². The molecule has 0 spiro atoms. The Bertz CT molecular complexity index is 337. The van der Waals surface area contributed by atoms with E-state index in [1.807, 2.05) is 0 Å². The Morgan fingerprint density at radius 1 is 1.56 bits per heavy atom. The highest BCUT2D eigenvalue weighted by atomic mass is 19.4. The first-order valence-electron chi connectivity index (χ1n) is 4.40. The summed E-state index contributed by atoms with van der Waals surface area (Å²) in [5.41, 5.74) is -0.0438. The summed E-state index contributed by atoms with van der Waals surface area (Å²) in [5.74, 6) is -0.844. The lowest BCUT2D eigenvalue weighted by atomic mass is 10.3. The maximum atomic E-state index is 12.1. The second kappa shape index (κ2) is 4.97. The summed E-state index contributed by atoms with van der Waals surface area (Å²) < 4.78 is 36.4. The third-order valence-electron chi connectivity index (χ3n) is 1.76. The van der Waals surface area contributed by atoms with E-state index < -0.39 is 25.2 Å². The molecule has 0 saturated carbocycles. The smallest absolute Gasteiger partial charge is 0.395 e. The van der Waals surface area contributed by atoms with Crippen molar-refractivity contribution in [1.82, 2.24) is 15.1 Å². The van der Waals surface area contributed by atoms with Crippen LogP contribution < -0.4 is 0 Å². The van der Waals surface area contributed by atoms with Gasteiger partial charge in [0.2, 0.25) is 0 Å². The number of aromatic nitrogens is 2. The lowest BCUT2D eigenvalue weighted by molar-refractivity contribution is -0.141. The van der Waals surface area contributed by atoms with Crippen molar-refractivity contribution in [2.45, 2.75) is 6.18 Å². The van der Waals surface area contributed by atoms with Crippen LogP contribution in [0.25, 0.3) is 0 Å². The van der Waals surface area contributed by atoms with Gasteiger partial charge in [0, 0.05) is 12.7 Å². The normalized spacial score (nSPS) is 11.5. The highest BCUT2D eigenvalue weighted by Gasteiger charge is 2.33. The standard InChI is InChI=1S/C8H10F3N3O2/c9-8(10,11)5-14(3-4-15)7(16)6-1-2-12-13-6/h1-2,15H,3-5H2,(H,12,13). The fraction of sp³-hybridized carbons (Fsp3) is 0.500. The summed E-state index contributed by atoms with van der Waals surface area (Å²) in [6.45, 7) is -2.31. The number of nitrogens with zero attached hydrogens (tertiary/aromatic N) is 2. The molecule has 0 radical (unpaired) electrons. The molecule has 0 saturated heterocycles. The Labute approximate surface area is 88.9 Å². The number of alkyl halides is 3. The van der Waals surface area contributed by atoms with Crippen LogP contribution in [0.1, 0.15) is 10.5 Å². The number of H-pyrrole nitrogens is 1. The number of carbonyl (C=O) groups excluding carboxylic acids is 1. The number of hydrogen-bond donors (Lipinski definition) is 2. The van der Waals surface area contributed by atoms with Crippen molar-refractivity contribution in [2.75, 3.05) is 19.7 Å². The van der Waals surface area contributed by atoms with Gasteiger partial charge in [0.15, 0.2) is 0 Å². The summed E-state index contributed by atoms with van der Waals surface area (Å²) >= 11 is 0. The molecule has 1 aromatic rings. The van der Waals surface area contributed by atoms with Crippen molar-refractivity contribution < 1.29 is 23.1 Å². The number of aromatic amines is 1. The van der Waals surface area contributed by atoms with Crippen molar-refractivity contribution in [3.8, 4) is 0 Å². The molecule has 1 heterocycles. The molecule has 0 aliphatic rings. The third kappa shape index (κ3) is 3.54. The van der Waals surface area contributed by atoms with Gasteiger partial charge in [-0.3, -0.25) is 9.89 Å². The molecule has 0 aliphatic heterocycles. The molecular weight excluding hydrogens is 227 g/mol. The van der Waals surface area contributed by atoms with Crippen LogP contribution in [0.4, 0.5) is 13.2 Å². The second-order valence-electron chi connectivity index (χ2n) is 3.04. The number of aliphatic hydroxyl groups is 1. The van der Waals surface area contributed by atoms with Gasteiger partial charge in [-0.25, -0.2) is 0 Å². The Kier molecular flexibility index (Phi) is 3.88. The molecule has 0 bridgehead atoms. The lowest BCUT2D eigenvalue weighted by Gasteiger charge is -2.22. The van der Waals surface area contributed by atoms with Crippen LogP contribution in [0.2, 0.25) is 0 Å². The number of amides is 1. The highest BCUT2D eigenvalue weighted by Crippen LogP contribution is 2.17. The molecule has 0 unspecified atom stereocenters. The minimum absolute atomic E-state index is 0.0438. The SMILES string of the molecule is O=C(c1ccn[nH]1)N(CCO)CC(F)(F)F. The van der Waals surface area contributed by atoms with Crippen LogP contribution in [0, 0.1) is 0 Å². The van der Waals surface area contributed by atoms with Gasteiger partial charge in [0.05, 0.1) is 6.61 Å². The van der Waals surface area contributed by atoms with E-state index in [0.717, 1.165) is 0 Å². The summed E-state index contributed by atoms with van der Waals surface area (Å²) in [4.78, 5) is 12.0. The predicted molar refractivity (Wildman–Crippen MR) is 47.6 cm³/mol. The Hall–Kier alpha value is -1.57. The molecule has 0 fully saturated rings. The van der Waals surface area contributed by atoms with E-state index >= 15 is 0 Å². The van der Waals surface area contributed by atoms with Crippen molar-refractivity contribution in [2.24, 2.45) is 0 Å². The van der Waals surface area contributed by atoms with Crippen molar-refractivity contribution in [3.63, 3.8) is 0 Å². The quantitative estimate of drug-likeness (QED) is 0.796. The van der Waals surface area contributed by atoms with Crippen LogP contribution in [-0.2, 0) is 0 Å². The van der Waals surface area contributed by atoms with E-state index in [4.69, 9.17) is 5.11 Å². The fourth-order valence-corrected chi connectivity index (χ4v) is 1.13. The zero-order valence-electron chi connectivity index (χ0n) is 8.16.